The predicted molar refractivity (Wildman–Crippen MR) is 129 cm³/mol. The Balaban J connectivity index is 1.53. The maximum Gasteiger partial charge on any atom is 0.299 e. The zero-order valence-electron chi connectivity index (χ0n) is 19.6. The highest BCUT2D eigenvalue weighted by Crippen LogP contribution is 2.36. The Morgan fingerprint density at radius 3 is 1.21 bits per heavy atom. The molecule has 2 amide bonds. The number of amides is 2. The van der Waals surface area contributed by atoms with Gasteiger partial charge in [0, 0.05) is 0 Å². The number of carbonyl (C=O) groups is 4. The van der Waals surface area contributed by atoms with E-state index in [0.717, 1.165) is 33.4 Å². The van der Waals surface area contributed by atoms with Gasteiger partial charge in [-0.15, -0.1) is 0 Å². The van der Waals surface area contributed by atoms with Gasteiger partial charge in [0.1, 0.15) is 0 Å². The average Bonchev–Trinajstić information content (AvgIpc) is 3.23. The monoisotopic (exact) mass is 452 g/mol. The van der Waals surface area contributed by atoms with E-state index in [9.17, 15) is 19.2 Å². The molecule has 0 aliphatic carbocycles. The predicted octanol–water partition coefficient (Wildman–Crippen LogP) is 4.38. The lowest BCUT2D eigenvalue weighted by molar-refractivity contribution is -0.115. The van der Waals surface area contributed by atoms with Crippen molar-refractivity contribution in [2.24, 2.45) is 0 Å². The number of fused-ring (bicyclic) bond motifs is 2. The van der Waals surface area contributed by atoms with Crippen LogP contribution in [0.1, 0.15) is 54.1 Å². The van der Waals surface area contributed by atoms with Gasteiger partial charge in [0.2, 0.25) is 0 Å². The molecule has 0 spiro atoms. The number of hydrogen-bond acceptors (Lipinski definition) is 4. The fourth-order valence-corrected chi connectivity index (χ4v) is 5.07. The minimum absolute atomic E-state index is 0.297. The fraction of sp³-hybridized carbons (Fsp3) is 0.214. The van der Waals surface area contributed by atoms with Crippen LogP contribution in [-0.2, 0) is 22.7 Å². The molecule has 0 aromatic heterocycles. The van der Waals surface area contributed by atoms with Crippen molar-refractivity contribution in [3.8, 4) is 0 Å². The molecule has 0 fully saturated rings. The first kappa shape index (κ1) is 21.8. The summed E-state index contributed by atoms with van der Waals surface area (Å²) in [5.41, 5.74) is 8.14. The lowest BCUT2D eigenvalue weighted by atomic mass is 9.88. The number of ketones is 2. The zero-order chi connectivity index (χ0) is 24.3. The minimum Gasteiger partial charge on any atom is -0.300 e. The van der Waals surface area contributed by atoms with Gasteiger partial charge in [0.05, 0.1) is 35.6 Å². The molecule has 0 unspecified atom stereocenters. The number of carbonyl (C=O) groups excluding carboxylic acids is 4. The van der Waals surface area contributed by atoms with E-state index in [1.165, 1.54) is 0 Å². The van der Waals surface area contributed by atoms with Crippen LogP contribution in [0.4, 0.5) is 11.4 Å². The molecule has 2 aliphatic rings. The number of Topliss-reactive ketones (excluding diaryl/α,β-unsaturated/α-hetero) is 2. The van der Waals surface area contributed by atoms with Crippen molar-refractivity contribution >= 4 is 34.8 Å². The Morgan fingerprint density at radius 1 is 0.529 bits per heavy atom. The Morgan fingerprint density at radius 2 is 0.853 bits per heavy atom. The molecule has 3 aromatic rings. The molecule has 0 N–H and O–H groups in total. The summed E-state index contributed by atoms with van der Waals surface area (Å²) in [7, 11) is 0. The molecule has 0 bridgehead atoms. The Bertz CT molecular complexity index is 1300. The molecule has 0 saturated carbocycles. The van der Waals surface area contributed by atoms with E-state index >= 15 is 0 Å². The summed E-state index contributed by atoms with van der Waals surface area (Å²) in [6.45, 7) is 8.59. The van der Waals surface area contributed by atoms with E-state index in [0.29, 0.717) is 35.6 Å². The molecule has 6 heteroatoms. The van der Waals surface area contributed by atoms with Crippen molar-refractivity contribution in [3.05, 3.63) is 93.0 Å². The van der Waals surface area contributed by atoms with Crippen molar-refractivity contribution in [2.75, 3.05) is 9.80 Å². The maximum absolute atomic E-state index is 12.7. The first-order valence-electron chi connectivity index (χ1n) is 11.2. The van der Waals surface area contributed by atoms with Crippen LogP contribution < -0.4 is 9.80 Å². The Hall–Kier alpha value is -4.06. The van der Waals surface area contributed by atoms with E-state index in [-0.39, 0.29) is 0 Å². The highest BCUT2D eigenvalue weighted by Gasteiger charge is 2.37. The van der Waals surface area contributed by atoms with Gasteiger partial charge < -0.3 is 9.80 Å². The standard InChI is InChI=1S/C28H24N2O4/c1-15-16(2)22(14-30-24-12-8-6-10-20(24)26(32)28(30)34)18(4)17(3)21(15)13-29-23-11-7-5-9-19(23)25(31)27(29)33/h5-12H,13-14H2,1-4H3. The quantitative estimate of drug-likeness (QED) is 0.551. The number of para-hydroxylation sites is 2. The molecule has 3 aromatic carbocycles. The lowest BCUT2D eigenvalue weighted by Gasteiger charge is -2.26. The summed E-state index contributed by atoms with van der Waals surface area (Å²) >= 11 is 0. The van der Waals surface area contributed by atoms with Crippen molar-refractivity contribution in [2.45, 2.75) is 40.8 Å². The summed E-state index contributed by atoms with van der Waals surface area (Å²) < 4.78 is 0. The van der Waals surface area contributed by atoms with Crippen molar-refractivity contribution < 1.29 is 19.2 Å². The molecule has 2 aliphatic heterocycles. The summed E-state index contributed by atoms with van der Waals surface area (Å²) in [6.07, 6.45) is 0. The van der Waals surface area contributed by atoms with Crippen molar-refractivity contribution in [1.82, 2.24) is 0 Å². The van der Waals surface area contributed by atoms with E-state index in [1.54, 1.807) is 46.2 Å². The third kappa shape index (κ3) is 3.02. The zero-order valence-corrected chi connectivity index (χ0v) is 19.6. The van der Waals surface area contributed by atoms with Crippen LogP contribution in [0.15, 0.2) is 48.5 Å². The van der Waals surface area contributed by atoms with Crippen LogP contribution >= 0.6 is 0 Å². The Labute approximate surface area is 197 Å². The molecule has 0 radical (unpaired) electrons. The normalized spacial score (nSPS) is 14.8. The second-order valence-corrected chi connectivity index (χ2v) is 8.93. The number of nitrogens with zero attached hydrogens (tertiary/aromatic N) is 2. The van der Waals surface area contributed by atoms with Gasteiger partial charge in [0.15, 0.2) is 0 Å². The third-order valence-electron chi connectivity index (χ3n) is 7.33. The van der Waals surface area contributed by atoms with Crippen LogP contribution in [0.2, 0.25) is 0 Å². The lowest BCUT2D eigenvalue weighted by Crippen LogP contribution is -2.31. The van der Waals surface area contributed by atoms with E-state index in [2.05, 4.69) is 0 Å². The summed E-state index contributed by atoms with van der Waals surface area (Å²) in [5.74, 6) is -1.99. The highest BCUT2D eigenvalue weighted by molar-refractivity contribution is 6.52. The van der Waals surface area contributed by atoms with Crippen molar-refractivity contribution in [3.63, 3.8) is 0 Å². The third-order valence-corrected chi connectivity index (χ3v) is 7.33. The first-order valence-corrected chi connectivity index (χ1v) is 11.2. The summed E-state index contributed by atoms with van der Waals surface area (Å²) in [4.78, 5) is 53.5. The number of benzene rings is 3. The molecule has 0 saturated heterocycles. The van der Waals surface area contributed by atoms with Gasteiger partial charge in [-0.2, -0.15) is 0 Å². The van der Waals surface area contributed by atoms with Gasteiger partial charge in [-0.25, -0.2) is 0 Å². The smallest absolute Gasteiger partial charge is 0.299 e. The molecule has 170 valence electrons. The topological polar surface area (TPSA) is 74.8 Å². The molecule has 0 atom stereocenters. The van der Waals surface area contributed by atoms with Gasteiger partial charge in [0.25, 0.3) is 23.4 Å². The number of rotatable bonds is 4. The minimum atomic E-state index is -0.517. The second-order valence-electron chi connectivity index (χ2n) is 8.93. The first-order chi connectivity index (χ1) is 16.2. The van der Waals surface area contributed by atoms with Crippen LogP contribution in [0.25, 0.3) is 0 Å². The fourth-order valence-electron chi connectivity index (χ4n) is 5.07. The van der Waals surface area contributed by atoms with Crippen molar-refractivity contribution in [1.29, 1.82) is 0 Å². The number of hydrogen-bond donors (Lipinski definition) is 0. The van der Waals surface area contributed by atoms with E-state index < -0.39 is 23.4 Å². The van der Waals surface area contributed by atoms with E-state index in [4.69, 9.17) is 0 Å². The summed E-state index contributed by atoms with van der Waals surface area (Å²) in [5, 5.41) is 0. The van der Waals surface area contributed by atoms with Gasteiger partial charge in [-0.05, 0) is 85.3 Å². The molecule has 6 nitrogen and oxygen atoms in total. The Kier molecular flexibility index (Phi) is 4.97. The molecular formula is C28H24N2O4. The average molecular weight is 453 g/mol. The molecule has 34 heavy (non-hydrogen) atoms. The molecule has 2 heterocycles. The molecular weight excluding hydrogens is 428 g/mol. The largest absolute Gasteiger partial charge is 0.300 e. The second kappa shape index (κ2) is 7.76. The summed E-state index contributed by atoms with van der Waals surface area (Å²) in [6, 6.07) is 14.1. The molecule has 5 rings (SSSR count). The number of anilines is 2. The SMILES string of the molecule is Cc1c(C)c(CN2C(=O)C(=O)c3ccccc32)c(C)c(C)c1CN1C(=O)C(=O)c2ccccc21. The van der Waals surface area contributed by atoms with Crippen LogP contribution in [0, 0.1) is 27.7 Å². The maximum atomic E-state index is 12.7. The van der Waals surface area contributed by atoms with E-state index in [1.807, 2.05) is 39.8 Å². The van der Waals surface area contributed by atoms with Crippen LogP contribution in [0.5, 0.6) is 0 Å². The van der Waals surface area contributed by atoms with Crippen LogP contribution in [0.3, 0.4) is 0 Å². The van der Waals surface area contributed by atoms with Crippen LogP contribution in [-0.4, -0.2) is 23.4 Å². The van der Waals surface area contributed by atoms with Gasteiger partial charge in [-0.1, -0.05) is 24.3 Å². The highest BCUT2D eigenvalue weighted by atomic mass is 16.2. The van der Waals surface area contributed by atoms with Gasteiger partial charge in [-0.3, -0.25) is 19.2 Å². The van der Waals surface area contributed by atoms with Gasteiger partial charge >= 0.3 is 0 Å².